The number of anilines is 1. The van der Waals surface area contributed by atoms with Gasteiger partial charge in [-0.1, -0.05) is 11.3 Å². The number of ether oxygens (including phenoxy) is 1. The first-order valence-corrected chi connectivity index (χ1v) is 5.61. The van der Waals surface area contributed by atoms with Crippen molar-refractivity contribution < 1.29 is 9.53 Å². The van der Waals surface area contributed by atoms with Crippen molar-refractivity contribution in [1.29, 1.82) is 0 Å². The number of nitrogens with zero attached hydrogens (tertiary/aromatic N) is 2. The molecular weight excluding hydrogens is 216 g/mol. The molecule has 1 aliphatic rings. The van der Waals surface area contributed by atoms with Crippen LogP contribution in [0.25, 0.3) is 0 Å². The summed E-state index contributed by atoms with van der Waals surface area (Å²) >= 11 is 1.30. The molecule has 2 rings (SSSR count). The van der Waals surface area contributed by atoms with Crippen LogP contribution in [-0.4, -0.2) is 41.9 Å². The number of carbonyl (C=O) groups excluding carboxylic acids is 1. The molecule has 0 atom stereocenters. The first kappa shape index (κ1) is 10.5. The molecule has 0 bridgehead atoms. The van der Waals surface area contributed by atoms with Crippen LogP contribution in [0.5, 0.6) is 0 Å². The van der Waals surface area contributed by atoms with Crippen molar-refractivity contribution in [2.45, 2.75) is 12.5 Å². The fraction of sp³-hybridized carbons (Fsp3) is 0.625. The molecule has 1 amide bonds. The largest absolute Gasteiger partial charge is 0.375 e. The van der Waals surface area contributed by atoms with Crippen LogP contribution in [0, 0.1) is 0 Å². The lowest BCUT2D eigenvalue weighted by atomic mass is 10.2. The second kappa shape index (κ2) is 5.15. The molecule has 0 radical (unpaired) electrons. The highest BCUT2D eigenvalue weighted by Gasteiger charge is 2.17. The summed E-state index contributed by atoms with van der Waals surface area (Å²) in [6.07, 6.45) is 0.634. The number of hydrogen-bond acceptors (Lipinski definition) is 6. The van der Waals surface area contributed by atoms with Gasteiger partial charge in [-0.25, -0.2) is 0 Å². The maximum atomic E-state index is 11.3. The van der Waals surface area contributed by atoms with Gasteiger partial charge in [0.15, 0.2) is 0 Å². The molecule has 2 N–H and O–H groups in total. The summed E-state index contributed by atoms with van der Waals surface area (Å²) in [5, 5.41) is 13.6. The smallest absolute Gasteiger partial charge is 0.228 e. The molecule has 1 fully saturated rings. The standard InChI is InChI=1S/C8H12N4O2S/c13-7(11-8-12-10-5-15-8)1-2-14-6-3-9-4-6/h5-6,9H,1-4H2,(H,11,12,13). The van der Waals surface area contributed by atoms with Crippen LogP contribution < -0.4 is 10.6 Å². The molecule has 1 aromatic rings. The minimum absolute atomic E-state index is 0.0842. The van der Waals surface area contributed by atoms with E-state index < -0.39 is 0 Å². The van der Waals surface area contributed by atoms with Gasteiger partial charge < -0.3 is 15.4 Å². The molecule has 1 aromatic heterocycles. The Morgan fingerprint density at radius 2 is 2.60 bits per heavy atom. The Kier molecular flexibility index (Phi) is 3.59. The van der Waals surface area contributed by atoms with Crippen LogP contribution in [0.1, 0.15) is 6.42 Å². The first-order chi connectivity index (χ1) is 7.34. The number of hydrogen-bond donors (Lipinski definition) is 2. The van der Waals surface area contributed by atoms with Crippen LogP contribution in [0.3, 0.4) is 0 Å². The van der Waals surface area contributed by atoms with Crippen molar-refractivity contribution in [2.24, 2.45) is 0 Å². The normalized spacial score (nSPS) is 16.0. The third kappa shape index (κ3) is 3.22. The Labute approximate surface area is 91.0 Å². The van der Waals surface area contributed by atoms with Gasteiger partial charge in [0.25, 0.3) is 0 Å². The zero-order valence-corrected chi connectivity index (χ0v) is 8.92. The van der Waals surface area contributed by atoms with Gasteiger partial charge in [0, 0.05) is 13.1 Å². The molecular formula is C8H12N4O2S. The summed E-state index contributed by atoms with van der Waals surface area (Å²) in [7, 11) is 0. The van der Waals surface area contributed by atoms with E-state index in [0.29, 0.717) is 18.2 Å². The Balaban J connectivity index is 1.60. The fourth-order valence-electron chi connectivity index (χ4n) is 1.11. The second-order valence-electron chi connectivity index (χ2n) is 3.19. The van der Waals surface area contributed by atoms with E-state index in [0.717, 1.165) is 13.1 Å². The molecule has 7 heteroatoms. The van der Waals surface area contributed by atoms with Gasteiger partial charge in [-0.15, -0.1) is 10.2 Å². The van der Waals surface area contributed by atoms with Gasteiger partial charge in [0.05, 0.1) is 19.1 Å². The highest BCUT2D eigenvalue weighted by molar-refractivity contribution is 7.13. The van der Waals surface area contributed by atoms with E-state index in [1.54, 1.807) is 5.51 Å². The summed E-state index contributed by atoms with van der Waals surface area (Å²) in [6.45, 7) is 2.23. The van der Waals surface area contributed by atoms with Crippen molar-refractivity contribution >= 4 is 22.4 Å². The summed E-state index contributed by atoms with van der Waals surface area (Å²) in [5.74, 6) is -0.0842. The SMILES string of the molecule is O=C(CCOC1CNC1)Nc1nncs1. The zero-order chi connectivity index (χ0) is 10.5. The molecule has 0 unspecified atom stereocenters. The molecule has 6 nitrogen and oxygen atoms in total. The summed E-state index contributed by atoms with van der Waals surface area (Å²) in [4.78, 5) is 11.3. The quantitative estimate of drug-likeness (QED) is 0.733. The Hall–Kier alpha value is -1.05. The lowest BCUT2D eigenvalue weighted by molar-refractivity contribution is -0.118. The third-order valence-electron chi connectivity index (χ3n) is 2.03. The minimum atomic E-state index is -0.0842. The van der Waals surface area contributed by atoms with Crippen molar-refractivity contribution in [3.05, 3.63) is 5.51 Å². The summed E-state index contributed by atoms with van der Waals surface area (Å²) in [6, 6.07) is 0. The van der Waals surface area contributed by atoms with E-state index in [2.05, 4.69) is 20.8 Å². The Bertz CT molecular complexity index is 312. The van der Waals surface area contributed by atoms with Crippen LogP contribution in [0.4, 0.5) is 5.13 Å². The number of amides is 1. The van der Waals surface area contributed by atoms with E-state index in [1.165, 1.54) is 11.3 Å². The molecule has 0 saturated carbocycles. The average molecular weight is 228 g/mol. The van der Waals surface area contributed by atoms with Gasteiger partial charge in [-0.05, 0) is 0 Å². The van der Waals surface area contributed by atoms with Crippen LogP contribution >= 0.6 is 11.3 Å². The molecule has 1 aliphatic heterocycles. The first-order valence-electron chi connectivity index (χ1n) is 4.73. The number of carbonyl (C=O) groups is 1. The predicted molar refractivity (Wildman–Crippen MR) is 55.8 cm³/mol. The highest BCUT2D eigenvalue weighted by Crippen LogP contribution is 2.08. The lowest BCUT2D eigenvalue weighted by Crippen LogP contribution is -2.48. The van der Waals surface area contributed by atoms with Gasteiger partial charge in [0.1, 0.15) is 5.51 Å². The van der Waals surface area contributed by atoms with Crippen molar-refractivity contribution in [3.63, 3.8) is 0 Å². The van der Waals surface area contributed by atoms with Gasteiger partial charge in [0.2, 0.25) is 11.0 Å². The van der Waals surface area contributed by atoms with E-state index in [-0.39, 0.29) is 12.0 Å². The minimum Gasteiger partial charge on any atom is -0.375 e. The number of rotatable bonds is 5. The Morgan fingerprint density at radius 3 is 3.20 bits per heavy atom. The van der Waals surface area contributed by atoms with Gasteiger partial charge in [-0.3, -0.25) is 4.79 Å². The summed E-state index contributed by atoms with van der Waals surface area (Å²) in [5.41, 5.74) is 1.58. The molecule has 82 valence electrons. The molecule has 2 heterocycles. The maximum Gasteiger partial charge on any atom is 0.228 e. The monoisotopic (exact) mass is 228 g/mol. The number of nitrogens with one attached hydrogen (secondary N) is 2. The van der Waals surface area contributed by atoms with Crippen molar-refractivity contribution in [1.82, 2.24) is 15.5 Å². The van der Waals surface area contributed by atoms with Gasteiger partial charge >= 0.3 is 0 Å². The molecule has 0 aliphatic carbocycles. The lowest BCUT2D eigenvalue weighted by Gasteiger charge is -2.26. The predicted octanol–water partition coefficient (Wildman–Crippen LogP) is -0.145. The second-order valence-corrected chi connectivity index (χ2v) is 4.03. The van der Waals surface area contributed by atoms with Crippen LogP contribution in [-0.2, 0) is 9.53 Å². The molecule has 0 aromatic carbocycles. The topological polar surface area (TPSA) is 76.1 Å². The van der Waals surface area contributed by atoms with Gasteiger partial charge in [-0.2, -0.15) is 0 Å². The van der Waals surface area contributed by atoms with Crippen LogP contribution in [0.15, 0.2) is 5.51 Å². The average Bonchev–Trinajstić information content (AvgIpc) is 2.62. The summed E-state index contributed by atoms with van der Waals surface area (Å²) < 4.78 is 5.41. The maximum absolute atomic E-state index is 11.3. The van der Waals surface area contributed by atoms with Crippen molar-refractivity contribution in [2.75, 3.05) is 25.0 Å². The molecule has 0 spiro atoms. The molecule has 1 saturated heterocycles. The van der Waals surface area contributed by atoms with Crippen molar-refractivity contribution in [3.8, 4) is 0 Å². The third-order valence-corrected chi connectivity index (χ3v) is 2.64. The highest BCUT2D eigenvalue weighted by atomic mass is 32.1. The Morgan fingerprint density at radius 1 is 1.73 bits per heavy atom. The van der Waals surface area contributed by atoms with Crippen LogP contribution in [0.2, 0.25) is 0 Å². The number of aromatic nitrogens is 2. The van der Waals surface area contributed by atoms with E-state index >= 15 is 0 Å². The fourth-order valence-corrected chi connectivity index (χ4v) is 1.57. The van der Waals surface area contributed by atoms with E-state index in [4.69, 9.17) is 4.74 Å². The van der Waals surface area contributed by atoms with E-state index in [1.807, 2.05) is 0 Å². The molecule has 15 heavy (non-hydrogen) atoms. The zero-order valence-electron chi connectivity index (χ0n) is 8.10. The van der Waals surface area contributed by atoms with E-state index in [9.17, 15) is 4.79 Å².